The van der Waals surface area contributed by atoms with Crippen molar-refractivity contribution in [3.63, 3.8) is 0 Å². The zero-order valence-electron chi connectivity index (χ0n) is 10.3. The third-order valence-electron chi connectivity index (χ3n) is 2.53. The summed E-state index contributed by atoms with van der Waals surface area (Å²) in [6.45, 7) is 0. The Labute approximate surface area is 107 Å². The lowest BCUT2D eigenvalue weighted by molar-refractivity contribution is 0.0600. The van der Waals surface area contributed by atoms with Gasteiger partial charge in [-0.3, -0.25) is 0 Å². The molecule has 0 fully saturated rings. The first-order valence-electron chi connectivity index (χ1n) is 5.62. The van der Waals surface area contributed by atoms with E-state index in [2.05, 4.69) is 4.74 Å². The summed E-state index contributed by atoms with van der Waals surface area (Å²) in [6, 6.07) is 14.6. The predicted molar refractivity (Wildman–Crippen MR) is 72.5 cm³/mol. The van der Waals surface area contributed by atoms with Gasteiger partial charge in [-0.25, -0.2) is 4.79 Å². The second-order valence-corrected chi connectivity index (χ2v) is 3.93. The predicted octanol–water partition coefficient (Wildman–Crippen LogP) is 1.52. The monoisotopic (exact) mass is 240 g/mol. The first-order chi connectivity index (χ1) is 8.69. The molecule has 0 unspecified atom stereocenters. The highest BCUT2D eigenvalue weighted by Crippen LogP contribution is 2.20. The van der Waals surface area contributed by atoms with Gasteiger partial charge in [0.25, 0.3) is 0 Å². The van der Waals surface area contributed by atoms with E-state index in [0.29, 0.717) is 11.3 Å². The Bertz CT molecular complexity index is 532. The molecule has 2 aromatic rings. The Kier molecular flexibility index (Phi) is 3.67. The topological polar surface area (TPSA) is 35.5 Å². The second-order valence-electron chi connectivity index (χ2n) is 3.93. The van der Waals surface area contributed by atoms with Crippen LogP contribution in [0.5, 0.6) is 11.5 Å². The second kappa shape index (κ2) is 5.40. The largest absolute Gasteiger partial charge is 0.465 e. The summed E-state index contributed by atoms with van der Waals surface area (Å²) < 4.78 is 10.3. The molecule has 2 aromatic carbocycles. The van der Waals surface area contributed by atoms with Gasteiger partial charge < -0.3 is 9.47 Å². The molecule has 0 bridgehead atoms. The lowest BCUT2D eigenvalue weighted by Crippen LogP contribution is -2.01. The van der Waals surface area contributed by atoms with E-state index < -0.39 is 0 Å². The summed E-state index contributed by atoms with van der Waals surface area (Å²) >= 11 is 0. The minimum Gasteiger partial charge on any atom is -0.465 e. The van der Waals surface area contributed by atoms with Gasteiger partial charge in [-0.15, -0.1) is 0 Å². The maximum atomic E-state index is 11.3. The summed E-state index contributed by atoms with van der Waals surface area (Å²) in [5.41, 5.74) is 1.69. The van der Waals surface area contributed by atoms with Crippen molar-refractivity contribution >= 4 is 19.3 Å². The number of carbonyl (C=O) groups excluding carboxylic acids is 1. The van der Waals surface area contributed by atoms with Crippen LogP contribution in [-0.4, -0.2) is 20.9 Å². The van der Waals surface area contributed by atoms with Crippen molar-refractivity contribution in [2.24, 2.45) is 0 Å². The van der Waals surface area contributed by atoms with E-state index >= 15 is 0 Å². The quantitative estimate of drug-likeness (QED) is 0.602. The molecule has 4 heteroatoms. The lowest BCUT2D eigenvalue weighted by atomic mass is 9.97. The van der Waals surface area contributed by atoms with Gasteiger partial charge in [0.2, 0.25) is 0 Å². The molecular formula is C14H13BO3. The van der Waals surface area contributed by atoms with E-state index in [4.69, 9.17) is 4.74 Å². The normalized spacial score (nSPS) is 9.83. The highest BCUT2D eigenvalue weighted by Gasteiger charge is 2.04. The lowest BCUT2D eigenvalue weighted by Gasteiger charge is -2.06. The summed E-state index contributed by atoms with van der Waals surface area (Å²) in [4.78, 5) is 11.3. The molecule has 3 nitrogen and oxygen atoms in total. The molecule has 0 aliphatic rings. The number of hydrogen-bond donors (Lipinski definition) is 0. The molecule has 0 N–H and O–H groups in total. The number of methoxy groups -OCH3 is 1. The minimum absolute atomic E-state index is 0.350. The molecule has 0 aliphatic carbocycles. The maximum Gasteiger partial charge on any atom is 0.337 e. The van der Waals surface area contributed by atoms with Gasteiger partial charge in [0.15, 0.2) is 0 Å². The summed E-state index contributed by atoms with van der Waals surface area (Å²) in [7, 11) is 3.38. The summed E-state index contributed by atoms with van der Waals surface area (Å²) in [5.74, 6) is 1.11. The number of carbonyl (C=O) groups is 1. The zero-order chi connectivity index (χ0) is 13.0. The van der Waals surface area contributed by atoms with Gasteiger partial charge in [0.1, 0.15) is 19.3 Å². The molecule has 2 rings (SSSR count). The molecule has 0 spiro atoms. The van der Waals surface area contributed by atoms with Crippen molar-refractivity contribution in [1.29, 1.82) is 0 Å². The molecule has 0 atom stereocenters. The number of benzene rings is 2. The van der Waals surface area contributed by atoms with Gasteiger partial charge in [0.05, 0.1) is 12.7 Å². The molecule has 0 saturated carbocycles. The van der Waals surface area contributed by atoms with E-state index in [1.54, 1.807) is 24.3 Å². The van der Waals surface area contributed by atoms with E-state index in [9.17, 15) is 4.79 Å². The van der Waals surface area contributed by atoms with Crippen LogP contribution in [-0.2, 0) is 4.74 Å². The molecule has 18 heavy (non-hydrogen) atoms. The molecule has 0 heterocycles. The molecule has 0 aromatic heterocycles. The number of ether oxygens (including phenoxy) is 2. The van der Waals surface area contributed by atoms with Gasteiger partial charge in [0, 0.05) is 0 Å². The van der Waals surface area contributed by atoms with Gasteiger partial charge in [-0.2, -0.15) is 0 Å². The Balaban J connectivity index is 2.10. The zero-order valence-corrected chi connectivity index (χ0v) is 10.3. The first kappa shape index (κ1) is 12.2. The number of esters is 1. The molecule has 0 radical (unpaired) electrons. The summed E-state index contributed by atoms with van der Waals surface area (Å²) in [5, 5.41) is 0. The van der Waals surface area contributed by atoms with Crippen LogP contribution in [0.25, 0.3) is 0 Å². The SMILES string of the molecule is Bc1ccc(Oc2ccc(C(=O)OC)cc2)cc1. The van der Waals surface area contributed by atoms with Gasteiger partial charge >= 0.3 is 5.97 Å². The Morgan fingerprint density at radius 2 is 1.44 bits per heavy atom. The van der Waals surface area contributed by atoms with E-state index in [1.165, 1.54) is 12.6 Å². The third-order valence-corrected chi connectivity index (χ3v) is 2.53. The minimum atomic E-state index is -0.350. The van der Waals surface area contributed by atoms with Crippen molar-refractivity contribution in [2.75, 3.05) is 7.11 Å². The fourth-order valence-electron chi connectivity index (χ4n) is 1.52. The van der Waals surface area contributed by atoms with Crippen LogP contribution in [0.2, 0.25) is 0 Å². The standard InChI is InChI=1S/C14H13BO3/c1-17-14(16)10-2-6-12(7-3-10)18-13-8-4-11(15)5-9-13/h2-9H,15H2,1H3. The van der Waals surface area contributed by atoms with Crippen LogP contribution in [0.4, 0.5) is 0 Å². The molecule has 0 aliphatic heterocycles. The Hall–Kier alpha value is -2.23. The fraction of sp³-hybridized carbons (Fsp3) is 0.0714. The van der Waals surface area contributed by atoms with Crippen molar-refractivity contribution in [1.82, 2.24) is 0 Å². The highest BCUT2D eigenvalue weighted by molar-refractivity contribution is 6.32. The van der Waals surface area contributed by atoms with Crippen LogP contribution in [0.15, 0.2) is 48.5 Å². The maximum absolute atomic E-state index is 11.3. The third kappa shape index (κ3) is 2.91. The molecular weight excluding hydrogens is 227 g/mol. The Morgan fingerprint density at radius 1 is 0.944 bits per heavy atom. The number of rotatable bonds is 3. The Morgan fingerprint density at radius 3 is 1.94 bits per heavy atom. The van der Waals surface area contributed by atoms with Gasteiger partial charge in [-0.05, 0) is 36.4 Å². The summed E-state index contributed by atoms with van der Waals surface area (Å²) in [6.07, 6.45) is 0. The van der Waals surface area contributed by atoms with Crippen LogP contribution in [0.3, 0.4) is 0 Å². The molecule has 90 valence electrons. The van der Waals surface area contributed by atoms with Crippen molar-refractivity contribution in [2.45, 2.75) is 0 Å². The van der Waals surface area contributed by atoms with Crippen molar-refractivity contribution < 1.29 is 14.3 Å². The van der Waals surface area contributed by atoms with E-state index in [1.807, 2.05) is 32.1 Å². The molecule has 0 amide bonds. The van der Waals surface area contributed by atoms with Crippen LogP contribution >= 0.6 is 0 Å². The first-order valence-corrected chi connectivity index (χ1v) is 5.62. The average Bonchev–Trinajstić information content (AvgIpc) is 2.41. The van der Waals surface area contributed by atoms with Crippen LogP contribution < -0.4 is 10.2 Å². The fourth-order valence-corrected chi connectivity index (χ4v) is 1.52. The smallest absolute Gasteiger partial charge is 0.337 e. The van der Waals surface area contributed by atoms with Gasteiger partial charge in [-0.1, -0.05) is 17.6 Å². The average molecular weight is 240 g/mol. The van der Waals surface area contributed by atoms with Crippen LogP contribution in [0, 0.1) is 0 Å². The van der Waals surface area contributed by atoms with Crippen molar-refractivity contribution in [3.8, 4) is 11.5 Å². The van der Waals surface area contributed by atoms with Crippen LogP contribution in [0.1, 0.15) is 10.4 Å². The van der Waals surface area contributed by atoms with E-state index in [-0.39, 0.29) is 5.97 Å². The van der Waals surface area contributed by atoms with Crippen molar-refractivity contribution in [3.05, 3.63) is 54.1 Å². The molecule has 0 saturated heterocycles. The number of hydrogen-bond acceptors (Lipinski definition) is 3. The highest BCUT2D eigenvalue weighted by atomic mass is 16.5. The van der Waals surface area contributed by atoms with E-state index in [0.717, 1.165) is 5.75 Å².